The van der Waals surface area contributed by atoms with Crippen molar-refractivity contribution in [3.05, 3.63) is 58.1 Å². The Labute approximate surface area is 159 Å². The molecule has 0 radical (unpaired) electrons. The molecule has 5 nitrogen and oxygen atoms in total. The summed E-state index contributed by atoms with van der Waals surface area (Å²) in [6.07, 6.45) is 1.67. The number of aryl methyl sites for hydroxylation is 1. The lowest BCUT2D eigenvalue weighted by Crippen LogP contribution is -2.28. The highest BCUT2D eigenvalue weighted by Crippen LogP contribution is 2.28. The lowest BCUT2D eigenvalue weighted by Gasteiger charge is -2.17. The molecule has 0 atom stereocenters. The largest absolute Gasteiger partial charge is 0.322 e. The molecule has 2 aromatic carbocycles. The number of nitrogens with zero attached hydrogens (tertiary/aromatic N) is 1. The Morgan fingerprint density at radius 2 is 1.81 bits per heavy atom. The van der Waals surface area contributed by atoms with Gasteiger partial charge in [0.2, 0.25) is 10.0 Å². The summed E-state index contributed by atoms with van der Waals surface area (Å²) in [6.45, 7) is 4.86. The molecule has 1 aliphatic heterocycles. The summed E-state index contributed by atoms with van der Waals surface area (Å²) >= 11 is 6.13. The van der Waals surface area contributed by atoms with E-state index in [9.17, 15) is 13.2 Å². The zero-order valence-electron chi connectivity index (χ0n) is 14.8. The molecule has 3 rings (SSSR count). The first kappa shape index (κ1) is 18.9. The summed E-state index contributed by atoms with van der Waals surface area (Å²) in [7, 11) is -3.69. The van der Waals surface area contributed by atoms with Crippen LogP contribution in [0.3, 0.4) is 0 Å². The minimum atomic E-state index is -3.69. The predicted octanol–water partition coefficient (Wildman–Crippen LogP) is 3.99. The van der Waals surface area contributed by atoms with E-state index in [2.05, 4.69) is 5.32 Å². The van der Waals surface area contributed by atoms with Gasteiger partial charge in [0, 0.05) is 24.3 Å². The van der Waals surface area contributed by atoms with Gasteiger partial charge in [0.25, 0.3) is 5.91 Å². The maximum atomic E-state index is 12.8. The number of hydrogen-bond donors (Lipinski definition) is 1. The third-order valence-electron chi connectivity index (χ3n) is 4.73. The molecule has 0 unspecified atom stereocenters. The van der Waals surface area contributed by atoms with E-state index in [1.54, 1.807) is 0 Å². The first-order valence-corrected chi connectivity index (χ1v) is 10.3. The summed E-state index contributed by atoms with van der Waals surface area (Å²) in [6, 6.07) is 10.00. The van der Waals surface area contributed by atoms with E-state index in [1.165, 1.54) is 22.5 Å². The number of amides is 1. The van der Waals surface area contributed by atoms with Crippen molar-refractivity contribution in [3.63, 3.8) is 0 Å². The molecule has 1 fully saturated rings. The Hall–Kier alpha value is -1.89. The van der Waals surface area contributed by atoms with E-state index < -0.39 is 10.0 Å². The average molecular weight is 393 g/mol. The smallest absolute Gasteiger partial charge is 0.255 e. The van der Waals surface area contributed by atoms with Gasteiger partial charge in [0.15, 0.2) is 0 Å². The molecule has 7 heteroatoms. The number of rotatable bonds is 4. The second kappa shape index (κ2) is 7.39. The SMILES string of the molecule is Cc1cccc(NC(=O)c2ccc(Cl)c(S(=O)(=O)N3CCCC3)c2)c1C. The van der Waals surface area contributed by atoms with E-state index in [1.807, 2.05) is 32.0 Å². The summed E-state index contributed by atoms with van der Waals surface area (Å²) < 4.78 is 27.0. The van der Waals surface area contributed by atoms with Crippen molar-refractivity contribution in [1.82, 2.24) is 4.31 Å². The van der Waals surface area contributed by atoms with Crippen LogP contribution in [0.1, 0.15) is 34.3 Å². The van der Waals surface area contributed by atoms with Crippen LogP contribution in [0.25, 0.3) is 0 Å². The van der Waals surface area contributed by atoms with Gasteiger partial charge in [0.05, 0.1) is 5.02 Å². The van der Waals surface area contributed by atoms with Crippen LogP contribution in [0, 0.1) is 13.8 Å². The lowest BCUT2D eigenvalue weighted by atomic mass is 10.1. The van der Waals surface area contributed by atoms with E-state index in [4.69, 9.17) is 11.6 Å². The molecule has 0 aliphatic carbocycles. The lowest BCUT2D eigenvalue weighted by molar-refractivity contribution is 0.102. The molecular weight excluding hydrogens is 372 g/mol. The summed E-state index contributed by atoms with van der Waals surface area (Å²) in [5.74, 6) is -0.367. The number of carbonyl (C=O) groups is 1. The van der Waals surface area contributed by atoms with Crippen LogP contribution in [0.5, 0.6) is 0 Å². The molecule has 1 saturated heterocycles. The molecule has 1 heterocycles. The Morgan fingerprint density at radius 3 is 2.50 bits per heavy atom. The molecule has 1 aliphatic rings. The minimum absolute atomic E-state index is 0.0188. The maximum Gasteiger partial charge on any atom is 0.255 e. The van der Waals surface area contributed by atoms with Gasteiger partial charge < -0.3 is 5.32 Å². The third kappa shape index (κ3) is 3.63. The Kier molecular flexibility index (Phi) is 5.37. The fourth-order valence-electron chi connectivity index (χ4n) is 2.99. The van der Waals surface area contributed by atoms with E-state index in [0.29, 0.717) is 18.8 Å². The highest BCUT2D eigenvalue weighted by atomic mass is 35.5. The average Bonchev–Trinajstić information content (AvgIpc) is 3.14. The first-order chi connectivity index (χ1) is 12.3. The van der Waals surface area contributed by atoms with Crippen LogP contribution in [0.2, 0.25) is 5.02 Å². The molecule has 138 valence electrons. The highest BCUT2D eigenvalue weighted by Gasteiger charge is 2.29. The number of sulfonamides is 1. The number of nitrogens with one attached hydrogen (secondary N) is 1. The van der Waals surface area contributed by atoms with Gasteiger partial charge in [-0.05, 0) is 62.1 Å². The molecule has 0 spiro atoms. The van der Waals surface area contributed by atoms with Crippen LogP contribution in [-0.2, 0) is 10.0 Å². The predicted molar refractivity (Wildman–Crippen MR) is 103 cm³/mol. The van der Waals surface area contributed by atoms with Gasteiger partial charge in [-0.1, -0.05) is 23.7 Å². The minimum Gasteiger partial charge on any atom is -0.322 e. The Balaban J connectivity index is 1.92. The van der Waals surface area contributed by atoms with E-state index in [0.717, 1.165) is 24.0 Å². The Bertz CT molecular complexity index is 951. The topological polar surface area (TPSA) is 66.5 Å². The first-order valence-electron chi connectivity index (χ1n) is 8.48. The van der Waals surface area contributed by atoms with Gasteiger partial charge >= 0.3 is 0 Å². The van der Waals surface area contributed by atoms with E-state index >= 15 is 0 Å². The Morgan fingerprint density at radius 1 is 1.12 bits per heavy atom. The van der Waals surface area contributed by atoms with Crippen LogP contribution < -0.4 is 5.32 Å². The van der Waals surface area contributed by atoms with Gasteiger partial charge in [-0.25, -0.2) is 8.42 Å². The van der Waals surface area contributed by atoms with Crippen molar-refractivity contribution in [1.29, 1.82) is 0 Å². The second-order valence-electron chi connectivity index (χ2n) is 6.46. The van der Waals surface area contributed by atoms with Gasteiger partial charge in [0.1, 0.15) is 4.90 Å². The zero-order chi connectivity index (χ0) is 18.9. The number of carbonyl (C=O) groups excluding carboxylic acids is 1. The van der Waals surface area contributed by atoms with Crippen LogP contribution in [0.15, 0.2) is 41.3 Å². The summed E-state index contributed by atoms with van der Waals surface area (Å²) in [5, 5.41) is 2.97. The van der Waals surface area contributed by atoms with Crippen molar-refractivity contribution in [3.8, 4) is 0 Å². The van der Waals surface area contributed by atoms with Crippen molar-refractivity contribution >= 4 is 33.2 Å². The quantitative estimate of drug-likeness (QED) is 0.855. The fourth-order valence-corrected chi connectivity index (χ4v) is 5.01. The zero-order valence-corrected chi connectivity index (χ0v) is 16.3. The molecular formula is C19H21ClN2O3S. The van der Waals surface area contributed by atoms with Crippen LogP contribution in [0.4, 0.5) is 5.69 Å². The standard InChI is InChI=1S/C19H21ClN2O3S/c1-13-6-5-7-17(14(13)2)21-19(23)15-8-9-16(20)18(12-15)26(24,25)22-10-3-4-11-22/h5-9,12H,3-4,10-11H2,1-2H3,(H,21,23). The molecule has 2 aromatic rings. The van der Waals surface area contributed by atoms with Gasteiger partial charge in [-0.2, -0.15) is 4.31 Å². The fraction of sp³-hybridized carbons (Fsp3) is 0.316. The van der Waals surface area contributed by atoms with Gasteiger partial charge in [-0.15, -0.1) is 0 Å². The van der Waals surface area contributed by atoms with Crippen molar-refractivity contribution in [2.24, 2.45) is 0 Å². The molecule has 26 heavy (non-hydrogen) atoms. The van der Waals surface area contributed by atoms with Crippen LogP contribution in [-0.4, -0.2) is 31.7 Å². The van der Waals surface area contributed by atoms with Crippen molar-refractivity contribution in [2.75, 3.05) is 18.4 Å². The van der Waals surface area contributed by atoms with Crippen LogP contribution >= 0.6 is 11.6 Å². The van der Waals surface area contributed by atoms with Gasteiger partial charge in [-0.3, -0.25) is 4.79 Å². The molecule has 0 saturated carbocycles. The van der Waals surface area contributed by atoms with E-state index in [-0.39, 0.29) is 21.4 Å². The number of hydrogen-bond acceptors (Lipinski definition) is 3. The van der Waals surface area contributed by atoms with Crippen molar-refractivity contribution < 1.29 is 13.2 Å². The molecule has 0 aromatic heterocycles. The number of halogens is 1. The molecule has 1 N–H and O–H groups in total. The molecule has 1 amide bonds. The van der Waals surface area contributed by atoms with Crippen molar-refractivity contribution in [2.45, 2.75) is 31.6 Å². The molecule has 0 bridgehead atoms. The summed E-state index contributed by atoms with van der Waals surface area (Å²) in [5.41, 5.74) is 3.00. The number of anilines is 1. The second-order valence-corrected chi connectivity index (χ2v) is 8.77. The highest BCUT2D eigenvalue weighted by molar-refractivity contribution is 7.89. The third-order valence-corrected chi connectivity index (χ3v) is 7.11. The summed E-state index contributed by atoms with van der Waals surface area (Å²) in [4.78, 5) is 12.6. The maximum absolute atomic E-state index is 12.8. The number of benzene rings is 2. The monoisotopic (exact) mass is 392 g/mol. The normalized spacial score (nSPS) is 15.2.